The van der Waals surface area contributed by atoms with E-state index in [9.17, 15) is 14.8 Å². The summed E-state index contributed by atoms with van der Waals surface area (Å²) < 4.78 is 34.8. The maximum Gasteiger partial charge on any atom is 0.474 e. The third kappa shape index (κ3) is 3.97. The molecule has 150 valence electrons. The first kappa shape index (κ1) is 20.1. The third-order valence-corrected chi connectivity index (χ3v) is 5.58. The van der Waals surface area contributed by atoms with Crippen LogP contribution in [0.2, 0.25) is 0 Å². The lowest BCUT2D eigenvalue weighted by molar-refractivity contribution is -0.0524. The van der Waals surface area contributed by atoms with Crippen molar-refractivity contribution in [2.45, 2.75) is 38.4 Å². The van der Waals surface area contributed by atoms with E-state index in [0.717, 1.165) is 0 Å². The van der Waals surface area contributed by atoms with Crippen molar-refractivity contribution in [3.63, 3.8) is 0 Å². The molecule has 0 saturated carbocycles. The van der Waals surface area contributed by atoms with Gasteiger partial charge in [0.2, 0.25) is 0 Å². The highest BCUT2D eigenvalue weighted by Crippen LogP contribution is 2.49. The number of nitrogen functional groups attached to an aromatic ring is 1. The van der Waals surface area contributed by atoms with Crippen LogP contribution in [0, 0.1) is 0 Å². The first-order valence-corrected chi connectivity index (χ1v) is 9.84. The van der Waals surface area contributed by atoms with E-state index in [2.05, 4.69) is 15.0 Å². The predicted molar refractivity (Wildman–Crippen MR) is 92.5 cm³/mol. The van der Waals surface area contributed by atoms with Gasteiger partial charge < -0.3 is 20.7 Å². The van der Waals surface area contributed by atoms with Crippen LogP contribution in [0.25, 0.3) is 11.2 Å². The number of aromatic nitrogens is 4. The van der Waals surface area contributed by atoms with Gasteiger partial charge in [0.15, 0.2) is 17.7 Å². The fraction of sp³-hybridized carbons (Fsp3) is 0.643. The van der Waals surface area contributed by atoms with Gasteiger partial charge in [0.25, 0.3) is 0 Å². The number of imidazole rings is 1. The summed E-state index contributed by atoms with van der Waals surface area (Å²) in [7, 11) is -3.77. The van der Waals surface area contributed by atoms with Crippen molar-refractivity contribution >= 4 is 24.8 Å². The van der Waals surface area contributed by atoms with Crippen molar-refractivity contribution < 1.29 is 33.1 Å². The minimum Gasteiger partial charge on any atom is -0.387 e. The molecule has 0 unspecified atom stereocenters. The minimum absolute atomic E-state index is 0.124. The first-order valence-electron chi connectivity index (χ1n) is 8.38. The molecule has 27 heavy (non-hydrogen) atoms. The van der Waals surface area contributed by atoms with Gasteiger partial charge in [0, 0.05) is 0 Å². The van der Waals surface area contributed by atoms with Crippen molar-refractivity contribution in [2.24, 2.45) is 0 Å². The van der Waals surface area contributed by atoms with Gasteiger partial charge in [-0.1, -0.05) is 0 Å². The number of anilines is 1. The highest BCUT2D eigenvalue weighted by atomic mass is 31.2. The average molecular weight is 403 g/mol. The summed E-state index contributed by atoms with van der Waals surface area (Å²) in [4.78, 5) is 12.0. The Labute approximate surface area is 154 Å². The normalized spacial score (nSPS) is 26.1. The van der Waals surface area contributed by atoms with Crippen molar-refractivity contribution in [1.29, 1.82) is 0 Å². The number of phosphoric acid groups is 1. The Morgan fingerprint density at radius 1 is 1.19 bits per heavy atom. The Kier molecular flexibility index (Phi) is 6.06. The highest BCUT2D eigenvalue weighted by molar-refractivity contribution is 7.48. The number of hydrogen-bond donors (Lipinski definition) is 3. The standard InChI is InChI=1S/C14H22N5O7P/c1-3-23-27(22,24-4-2)25-5-8-10(20)11(21)14(26-8)19-7-18-9-12(15)16-6-17-13(9)19/h6-8,10-11,14,20-21H,3-5H2,1-2H3,(H2,15,16,17)/t8-,10-,11+,14-/m1/s1. The molecule has 1 fully saturated rings. The first-order chi connectivity index (χ1) is 12.9. The number of nitrogens with two attached hydrogens (primary N) is 1. The second kappa shape index (κ2) is 8.15. The largest absolute Gasteiger partial charge is 0.474 e. The van der Waals surface area contributed by atoms with Gasteiger partial charge >= 0.3 is 7.82 Å². The van der Waals surface area contributed by atoms with Crippen molar-refractivity contribution in [3.05, 3.63) is 12.7 Å². The van der Waals surface area contributed by atoms with E-state index < -0.39 is 32.4 Å². The summed E-state index contributed by atoms with van der Waals surface area (Å²) in [5.74, 6) is 0.182. The SMILES string of the molecule is CCOP(=O)(OCC)OC[C@H]1O[C@@H](n2cnc3c(N)ncnc32)[C@@H](O)[C@@H]1O. The van der Waals surface area contributed by atoms with E-state index in [4.69, 9.17) is 24.0 Å². The molecule has 0 spiro atoms. The van der Waals surface area contributed by atoms with E-state index in [1.807, 2.05) is 0 Å². The maximum atomic E-state index is 12.4. The molecule has 4 atom stereocenters. The molecule has 0 radical (unpaired) electrons. The number of hydrogen-bond acceptors (Lipinski definition) is 11. The number of ether oxygens (including phenoxy) is 1. The molecule has 1 aliphatic heterocycles. The van der Waals surface area contributed by atoms with Gasteiger partial charge in [0.05, 0.1) is 26.1 Å². The van der Waals surface area contributed by atoms with E-state index in [-0.39, 0.29) is 25.6 Å². The monoisotopic (exact) mass is 403 g/mol. The number of fused-ring (bicyclic) bond motifs is 1. The van der Waals surface area contributed by atoms with Gasteiger partial charge in [0.1, 0.15) is 30.2 Å². The zero-order valence-electron chi connectivity index (χ0n) is 14.8. The minimum atomic E-state index is -3.77. The van der Waals surface area contributed by atoms with Crippen LogP contribution in [0.5, 0.6) is 0 Å². The number of phosphoric ester groups is 1. The molecule has 4 N–H and O–H groups in total. The number of rotatable bonds is 8. The molecule has 0 amide bonds. The number of nitrogens with zero attached hydrogens (tertiary/aromatic N) is 4. The van der Waals surface area contributed by atoms with Gasteiger partial charge in [-0.25, -0.2) is 19.5 Å². The van der Waals surface area contributed by atoms with Crippen LogP contribution in [-0.2, 0) is 22.9 Å². The Morgan fingerprint density at radius 3 is 2.56 bits per heavy atom. The van der Waals surface area contributed by atoms with Crippen LogP contribution in [0.4, 0.5) is 5.82 Å². The molecule has 1 saturated heterocycles. The van der Waals surface area contributed by atoms with Crippen molar-refractivity contribution in [1.82, 2.24) is 19.5 Å². The lowest BCUT2D eigenvalue weighted by Crippen LogP contribution is -2.33. The zero-order valence-corrected chi connectivity index (χ0v) is 15.7. The zero-order chi connectivity index (χ0) is 19.6. The van der Waals surface area contributed by atoms with Crippen LogP contribution >= 0.6 is 7.82 Å². The summed E-state index contributed by atoms with van der Waals surface area (Å²) in [6.07, 6.45) is -1.93. The van der Waals surface area contributed by atoms with Crippen molar-refractivity contribution in [3.8, 4) is 0 Å². The summed E-state index contributed by atoms with van der Waals surface area (Å²) in [5.41, 5.74) is 6.44. The van der Waals surface area contributed by atoms with E-state index >= 15 is 0 Å². The van der Waals surface area contributed by atoms with E-state index in [1.165, 1.54) is 17.2 Å². The fourth-order valence-electron chi connectivity index (χ4n) is 2.75. The molecule has 0 aromatic carbocycles. The molecule has 13 heteroatoms. The molecule has 1 aliphatic rings. The number of aliphatic hydroxyl groups excluding tert-OH is 2. The quantitative estimate of drug-likeness (QED) is 0.517. The van der Waals surface area contributed by atoms with Gasteiger partial charge in [-0.3, -0.25) is 18.1 Å². The van der Waals surface area contributed by atoms with E-state index in [0.29, 0.717) is 11.2 Å². The topological polar surface area (TPSA) is 164 Å². The Morgan fingerprint density at radius 2 is 1.89 bits per heavy atom. The molecule has 3 rings (SSSR count). The summed E-state index contributed by atoms with van der Waals surface area (Å²) in [6, 6.07) is 0. The maximum absolute atomic E-state index is 12.4. The molecule has 0 bridgehead atoms. The van der Waals surface area contributed by atoms with Crippen LogP contribution in [0.1, 0.15) is 20.1 Å². The Bertz CT molecular complexity index is 823. The summed E-state index contributed by atoms with van der Waals surface area (Å²) >= 11 is 0. The summed E-state index contributed by atoms with van der Waals surface area (Å²) in [6.45, 7) is 3.23. The Balaban J connectivity index is 1.75. The molecule has 12 nitrogen and oxygen atoms in total. The molecule has 3 heterocycles. The van der Waals surface area contributed by atoms with Crippen LogP contribution in [0.3, 0.4) is 0 Å². The second-order valence-electron chi connectivity index (χ2n) is 5.71. The highest BCUT2D eigenvalue weighted by Gasteiger charge is 2.45. The average Bonchev–Trinajstić information content (AvgIpc) is 3.17. The fourth-order valence-corrected chi connectivity index (χ4v) is 3.93. The van der Waals surface area contributed by atoms with Gasteiger partial charge in [-0.15, -0.1) is 0 Å². The molecular formula is C14H22N5O7P. The van der Waals surface area contributed by atoms with Gasteiger partial charge in [-0.2, -0.15) is 0 Å². The molecule has 2 aromatic heterocycles. The van der Waals surface area contributed by atoms with Gasteiger partial charge in [-0.05, 0) is 13.8 Å². The smallest absolute Gasteiger partial charge is 0.387 e. The van der Waals surface area contributed by atoms with Crippen LogP contribution in [-0.4, -0.2) is 67.9 Å². The molecule has 0 aliphatic carbocycles. The predicted octanol–water partition coefficient (Wildman–Crippen LogP) is 0.225. The number of aliphatic hydroxyl groups is 2. The summed E-state index contributed by atoms with van der Waals surface area (Å²) in [5, 5.41) is 20.7. The van der Waals surface area contributed by atoms with Crippen LogP contribution < -0.4 is 5.73 Å². The van der Waals surface area contributed by atoms with Crippen molar-refractivity contribution in [2.75, 3.05) is 25.6 Å². The molecular weight excluding hydrogens is 381 g/mol. The Hall–Kier alpha value is -1.66. The lowest BCUT2D eigenvalue weighted by atomic mass is 10.1. The van der Waals surface area contributed by atoms with Crippen LogP contribution in [0.15, 0.2) is 12.7 Å². The van der Waals surface area contributed by atoms with E-state index in [1.54, 1.807) is 13.8 Å². The second-order valence-corrected chi connectivity index (χ2v) is 7.38. The third-order valence-electron chi connectivity index (χ3n) is 3.97. The molecule has 2 aromatic rings. The lowest BCUT2D eigenvalue weighted by Gasteiger charge is -2.20.